The summed E-state index contributed by atoms with van der Waals surface area (Å²) in [4.78, 5) is 3.90. The van der Waals surface area contributed by atoms with E-state index < -0.39 is 11.6 Å². The van der Waals surface area contributed by atoms with E-state index in [9.17, 15) is 13.2 Å². The molecule has 0 spiro atoms. The Morgan fingerprint density at radius 1 is 1.00 bits per heavy atom. The molecule has 0 fully saturated rings. The standard InChI is InChI=1S/C18H14F3NO/c1-10(2)16-13(19)4-3-5-15(16)23-12-8-11-6-7-14(20)17(21)18(11)22-9-12/h3-10H,1-2H3. The van der Waals surface area contributed by atoms with Gasteiger partial charge in [0.15, 0.2) is 11.6 Å². The molecule has 3 aromatic rings. The molecule has 0 saturated carbocycles. The van der Waals surface area contributed by atoms with Gasteiger partial charge in [-0.25, -0.2) is 18.2 Å². The van der Waals surface area contributed by atoms with Crippen molar-refractivity contribution >= 4 is 10.9 Å². The van der Waals surface area contributed by atoms with Gasteiger partial charge in [-0.1, -0.05) is 19.9 Å². The van der Waals surface area contributed by atoms with Gasteiger partial charge in [0.2, 0.25) is 0 Å². The van der Waals surface area contributed by atoms with Gasteiger partial charge in [-0.15, -0.1) is 0 Å². The molecule has 1 heterocycles. The van der Waals surface area contributed by atoms with Crippen LogP contribution >= 0.6 is 0 Å². The molecular weight excluding hydrogens is 303 g/mol. The zero-order chi connectivity index (χ0) is 16.6. The monoisotopic (exact) mass is 317 g/mol. The van der Waals surface area contributed by atoms with E-state index in [0.29, 0.717) is 22.4 Å². The minimum Gasteiger partial charge on any atom is -0.455 e. The molecule has 0 saturated heterocycles. The fraction of sp³-hybridized carbons (Fsp3) is 0.167. The first-order valence-electron chi connectivity index (χ1n) is 7.17. The number of nitrogens with zero attached hydrogens (tertiary/aromatic N) is 1. The number of benzene rings is 2. The molecule has 5 heteroatoms. The highest BCUT2D eigenvalue weighted by molar-refractivity contribution is 5.80. The first-order valence-corrected chi connectivity index (χ1v) is 7.17. The van der Waals surface area contributed by atoms with E-state index in [2.05, 4.69) is 4.98 Å². The van der Waals surface area contributed by atoms with Crippen LogP contribution in [-0.2, 0) is 0 Å². The van der Waals surface area contributed by atoms with Gasteiger partial charge < -0.3 is 4.74 Å². The highest BCUT2D eigenvalue weighted by Crippen LogP contribution is 2.33. The normalized spacial score (nSPS) is 11.2. The first kappa shape index (κ1) is 15.3. The predicted molar refractivity (Wildman–Crippen MR) is 82.2 cm³/mol. The maximum Gasteiger partial charge on any atom is 0.184 e. The predicted octanol–water partition coefficient (Wildman–Crippen LogP) is 5.57. The quantitative estimate of drug-likeness (QED) is 0.630. The van der Waals surface area contributed by atoms with Crippen LogP contribution < -0.4 is 4.74 Å². The Balaban J connectivity index is 2.03. The first-order chi connectivity index (χ1) is 11.0. The molecule has 0 N–H and O–H groups in total. The SMILES string of the molecule is CC(C)c1c(F)cccc1Oc1cnc2c(F)c(F)ccc2c1. The summed E-state index contributed by atoms with van der Waals surface area (Å²) >= 11 is 0. The van der Waals surface area contributed by atoms with E-state index in [4.69, 9.17) is 4.74 Å². The number of fused-ring (bicyclic) bond motifs is 1. The molecule has 0 radical (unpaired) electrons. The topological polar surface area (TPSA) is 22.1 Å². The Morgan fingerprint density at radius 2 is 1.78 bits per heavy atom. The summed E-state index contributed by atoms with van der Waals surface area (Å²) in [6.07, 6.45) is 1.29. The molecule has 0 aliphatic carbocycles. The molecule has 3 rings (SSSR count). The zero-order valence-corrected chi connectivity index (χ0v) is 12.6. The summed E-state index contributed by atoms with van der Waals surface area (Å²) in [7, 11) is 0. The van der Waals surface area contributed by atoms with Gasteiger partial charge in [-0.05, 0) is 36.2 Å². The Hall–Kier alpha value is -2.56. The molecule has 0 atom stereocenters. The van der Waals surface area contributed by atoms with Crippen molar-refractivity contribution in [1.29, 1.82) is 0 Å². The summed E-state index contributed by atoms with van der Waals surface area (Å²) in [6.45, 7) is 3.73. The second-order valence-corrected chi connectivity index (χ2v) is 5.51. The Labute approximate surface area is 131 Å². The van der Waals surface area contributed by atoms with Gasteiger partial charge in [-0.2, -0.15) is 0 Å². The second-order valence-electron chi connectivity index (χ2n) is 5.51. The van der Waals surface area contributed by atoms with Crippen LogP contribution in [0.15, 0.2) is 42.6 Å². The molecule has 0 unspecified atom stereocenters. The van der Waals surface area contributed by atoms with E-state index in [0.717, 1.165) is 6.07 Å². The minimum atomic E-state index is -0.998. The van der Waals surface area contributed by atoms with E-state index in [1.165, 1.54) is 18.3 Å². The van der Waals surface area contributed by atoms with E-state index in [1.54, 1.807) is 18.2 Å². The lowest BCUT2D eigenvalue weighted by molar-refractivity contribution is 0.461. The molecule has 1 aromatic heterocycles. The molecule has 2 nitrogen and oxygen atoms in total. The Morgan fingerprint density at radius 3 is 2.52 bits per heavy atom. The molecule has 0 amide bonds. The van der Waals surface area contributed by atoms with Crippen LogP contribution in [0, 0.1) is 17.5 Å². The Kier molecular flexibility index (Phi) is 3.94. The van der Waals surface area contributed by atoms with Gasteiger partial charge in [0.05, 0.1) is 6.20 Å². The molecule has 118 valence electrons. The van der Waals surface area contributed by atoms with Crippen LogP contribution in [0.4, 0.5) is 13.2 Å². The van der Waals surface area contributed by atoms with Crippen molar-refractivity contribution in [1.82, 2.24) is 4.98 Å². The number of hydrogen-bond acceptors (Lipinski definition) is 2. The fourth-order valence-corrected chi connectivity index (χ4v) is 2.47. The molecule has 2 aromatic carbocycles. The van der Waals surface area contributed by atoms with Crippen LogP contribution in [0.3, 0.4) is 0 Å². The molecular formula is C18H14F3NO. The Bertz CT molecular complexity index is 878. The zero-order valence-electron chi connectivity index (χ0n) is 12.6. The maximum atomic E-state index is 14.0. The number of rotatable bonds is 3. The van der Waals surface area contributed by atoms with Crippen molar-refractivity contribution in [2.24, 2.45) is 0 Å². The van der Waals surface area contributed by atoms with Crippen molar-refractivity contribution in [3.63, 3.8) is 0 Å². The number of hydrogen-bond donors (Lipinski definition) is 0. The summed E-state index contributed by atoms with van der Waals surface area (Å²) in [5.74, 6) is -1.65. The third kappa shape index (κ3) is 2.86. The van der Waals surface area contributed by atoms with Crippen molar-refractivity contribution in [2.45, 2.75) is 19.8 Å². The number of halogens is 3. The minimum absolute atomic E-state index is 0.0637. The largest absolute Gasteiger partial charge is 0.455 e. The summed E-state index contributed by atoms with van der Waals surface area (Å²) in [5, 5.41) is 0.406. The van der Waals surface area contributed by atoms with Crippen molar-refractivity contribution in [2.75, 3.05) is 0 Å². The molecule has 23 heavy (non-hydrogen) atoms. The highest BCUT2D eigenvalue weighted by atomic mass is 19.2. The summed E-state index contributed by atoms with van der Waals surface area (Å²) < 4.78 is 46.5. The van der Waals surface area contributed by atoms with Crippen LogP contribution in [0.25, 0.3) is 10.9 Å². The maximum absolute atomic E-state index is 14.0. The van der Waals surface area contributed by atoms with E-state index >= 15 is 0 Å². The summed E-state index contributed by atoms with van der Waals surface area (Å²) in [5.41, 5.74) is 0.388. The van der Waals surface area contributed by atoms with Gasteiger partial charge in [0, 0.05) is 10.9 Å². The average Bonchev–Trinajstić information content (AvgIpc) is 2.51. The third-order valence-electron chi connectivity index (χ3n) is 3.54. The third-order valence-corrected chi connectivity index (χ3v) is 3.54. The number of aromatic nitrogens is 1. The van der Waals surface area contributed by atoms with E-state index in [-0.39, 0.29) is 17.3 Å². The van der Waals surface area contributed by atoms with Crippen LogP contribution in [-0.4, -0.2) is 4.98 Å². The molecule has 0 bridgehead atoms. The van der Waals surface area contributed by atoms with Gasteiger partial charge >= 0.3 is 0 Å². The number of ether oxygens (including phenoxy) is 1. The lowest BCUT2D eigenvalue weighted by Crippen LogP contribution is -1.98. The van der Waals surface area contributed by atoms with Crippen molar-refractivity contribution < 1.29 is 17.9 Å². The van der Waals surface area contributed by atoms with Gasteiger partial charge in [-0.3, -0.25) is 0 Å². The van der Waals surface area contributed by atoms with Crippen LogP contribution in [0.2, 0.25) is 0 Å². The van der Waals surface area contributed by atoms with Crippen LogP contribution in [0.1, 0.15) is 25.3 Å². The van der Waals surface area contributed by atoms with Crippen molar-refractivity contribution in [3.05, 3.63) is 65.6 Å². The number of pyridine rings is 1. The van der Waals surface area contributed by atoms with Gasteiger partial charge in [0.25, 0.3) is 0 Å². The van der Waals surface area contributed by atoms with Crippen LogP contribution in [0.5, 0.6) is 11.5 Å². The molecule has 0 aliphatic heterocycles. The van der Waals surface area contributed by atoms with Gasteiger partial charge in [0.1, 0.15) is 22.8 Å². The second kappa shape index (κ2) is 5.91. The van der Waals surface area contributed by atoms with Crippen molar-refractivity contribution in [3.8, 4) is 11.5 Å². The summed E-state index contributed by atoms with van der Waals surface area (Å²) in [6, 6.07) is 8.58. The highest BCUT2D eigenvalue weighted by Gasteiger charge is 2.15. The average molecular weight is 317 g/mol. The smallest absolute Gasteiger partial charge is 0.184 e. The lowest BCUT2D eigenvalue weighted by Gasteiger charge is -2.14. The lowest BCUT2D eigenvalue weighted by atomic mass is 10.0. The molecule has 0 aliphatic rings. The fourth-order valence-electron chi connectivity index (χ4n) is 2.47. The van der Waals surface area contributed by atoms with E-state index in [1.807, 2.05) is 13.8 Å².